The normalized spacial score (nSPS) is 16.2. The highest BCUT2D eigenvalue weighted by atomic mass is 16.6. The predicted octanol–water partition coefficient (Wildman–Crippen LogP) is 8.61. The number of anilines is 2. The SMILES string of the molecule is CCN(CC)c1ccc2c(c1)Oc1cc(C)c(NC(c3ccccc3)c3ccccc3)cc1C21OC(=O)c2ccccc21. The van der Waals surface area contributed by atoms with Gasteiger partial charge in [0.05, 0.1) is 11.6 Å². The molecule has 7 rings (SSSR count). The van der Waals surface area contributed by atoms with Gasteiger partial charge in [0.1, 0.15) is 11.5 Å². The molecule has 1 atom stereocenters. The summed E-state index contributed by atoms with van der Waals surface area (Å²) >= 11 is 0. The highest BCUT2D eigenvalue weighted by Crippen LogP contribution is 2.57. The number of hydrogen-bond donors (Lipinski definition) is 1. The summed E-state index contributed by atoms with van der Waals surface area (Å²) in [5, 5.41) is 3.83. The average molecular weight is 567 g/mol. The number of esters is 1. The Labute approximate surface area is 252 Å². The number of hydrogen-bond acceptors (Lipinski definition) is 5. The molecule has 5 nitrogen and oxygen atoms in total. The third kappa shape index (κ3) is 4.35. The average Bonchev–Trinajstić information content (AvgIpc) is 3.34. The lowest BCUT2D eigenvalue weighted by Gasteiger charge is -2.38. The number of ether oxygens (including phenoxy) is 2. The summed E-state index contributed by atoms with van der Waals surface area (Å²) in [5.74, 6) is 1.06. The van der Waals surface area contributed by atoms with E-state index in [0.717, 1.165) is 57.8 Å². The number of nitrogens with zero attached hydrogens (tertiary/aromatic N) is 1. The Hall–Kier alpha value is -5.03. The number of fused-ring (bicyclic) bond motifs is 6. The van der Waals surface area contributed by atoms with Gasteiger partial charge >= 0.3 is 5.97 Å². The minimum absolute atomic E-state index is 0.0815. The first-order valence-electron chi connectivity index (χ1n) is 14.9. The van der Waals surface area contributed by atoms with Gasteiger partial charge in [-0.3, -0.25) is 0 Å². The van der Waals surface area contributed by atoms with Crippen LogP contribution in [-0.2, 0) is 10.3 Å². The van der Waals surface area contributed by atoms with Gasteiger partial charge in [0.2, 0.25) is 0 Å². The van der Waals surface area contributed by atoms with E-state index in [9.17, 15) is 4.79 Å². The van der Waals surface area contributed by atoms with E-state index < -0.39 is 5.60 Å². The molecule has 5 heteroatoms. The molecule has 0 saturated carbocycles. The van der Waals surface area contributed by atoms with Crippen LogP contribution in [0.4, 0.5) is 11.4 Å². The van der Waals surface area contributed by atoms with Crippen molar-refractivity contribution >= 4 is 17.3 Å². The van der Waals surface area contributed by atoms with Crippen molar-refractivity contribution in [2.45, 2.75) is 32.4 Å². The van der Waals surface area contributed by atoms with Crippen LogP contribution < -0.4 is 15.0 Å². The molecule has 43 heavy (non-hydrogen) atoms. The molecule has 0 amide bonds. The Balaban J connectivity index is 1.41. The van der Waals surface area contributed by atoms with E-state index >= 15 is 0 Å². The summed E-state index contributed by atoms with van der Waals surface area (Å²) in [5.41, 5.74) is 7.28. The van der Waals surface area contributed by atoms with E-state index in [1.54, 1.807) is 0 Å². The second-order valence-corrected chi connectivity index (χ2v) is 11.1. The third-order valence-electron chi connectivity index (χ3n) is 8.74. The van der Waals surface area contributed by atoms with Crippen molar-refractivity contribution in [3.8, 4) is 11.5 Å². The van der Waals surface area contributed by atoms with Crippen molar-refractivity contribution < 1.29 is 14.3 Å². The van der Waals surface area contributed by atoms with Gasteiger partial charge in [0.15, 0.2) is 5.60 Å². The van der Waals surface area contributed by atoms with E-state index in [2.05, 4.69) is 110 Å². The first-order chi connectivity index (χ1) is 21.0. The standard InChI is InChI=1S/C38H34N2O3/c1-4-40(5-2)28-20-21-31-35(23-28)42-34-22-25(3)33(24-32(34)38(31)30-19-13-12-18-29(30)37(41)43-38)39-36(26-14-8-6-9-15-26)27-16-10-7-11-17-27/h6-24,36,39H,4-5H2,1-3H3. The Kier molecular flexibility index (Phi) is 6.66. The molecule has 0 bridgehead atoms. The lowest BCUT2D eigenvalue weighted by atomic mass is 9.77. The number of carbonyl (C=O) groups is 1. The van der Waals surface area contributed by atoms with Crippen molar-refractivity contribution in [3.63, 3.8) is 0 Å². The second-order valence-electron chi connectivity index (χ2n) is 11.1. The van der Waals surface area contributed by atoms with Crippen molar-refractivity contribution in [2.75, 3.05) is 23.3 Å². The number of aryl methyl sites for hydroxylation is 1. The van der Waals surface area contributed by atoms with E-state index in [1.165, 1.54) is 0 Å². The molecule has 0 aromatic heterocycles. The van der Waals surface area contributed by atoms with E-state index in [1.807, 2.05) is 36.4 Å². The topological polar surface area (TPSA) is 50.8 Å². The van der Waals surface area contributed by atoms with Crippen LogP contribution >= 0.6 is 0 Å². The van der Waals surface area contributed by atoms with Crippen LogP contribution in [0.2, 0.25) is 0 Å². The number of rotatable bonds is 7. The largest absolute Gasteiger partial charge is 0.456 e. The van der Waals surface area contributed by atoms with Gasteiger partial charge in [0.25, 0.3) is 0 Å². The maximum Gasteiger partial charge on any atom is 0.340 e. The predicted molar refractivity (Wildman–Crippen MR) is 171 cm³/mol. The van der Waals surface area contributed by atoms with Crippen molar-refractivity contribution in [1.82, 2.24) is 0 Å². The van der Waals surface area contributed by atoms with Gasteiger partial charge < -0.3 is 19.7 Å². The molecular weight excluding hydrogens is 532 g/mol. The van der Waals surface area contributed by atoms with Gasteiger partial charge in [0, 0.05) is 47.2 Å². The van der Waals surface area contributed by atoms with Gasteiger partial charge in [-0.25, -0.2) is 4.79 Å². The Morgan fingerprint density at radius 2 is 1.35 bits per heavy atom. The van der Waals surface area contributed by atoms with Crippen molar-refractivity contribution in [3.05, 3.63) is 154 Å². The monoisotopic (exact) mass is 566 g/mol. The second kappa shape index (κ2) is 10.7. The lowest BCUT2D eigenvalue weighted by molar-refractivity contribution is 0.0224. The zero-order valence-corrected chi connectivity index (χ0v) is 24.6. The lowest BCUT2D eigenvalue weighted by Crippen LogP contribution is -2.33. The van der Waals surface area contributed by atoms with E-state index in [4.69, 9.17) is 9.47 Å². The molecule has 1 spiro atoms. The highest BCUT2D eigenvalue weighted by Gasteiger charge is 2.53. The molecule has 0 fully saturated rings. The minimum atomic E-state index is -1.13. The van der Waals surface area contributed by atoms with Gasteiger partial charge in [-0.15, -0.1) is 0 Å². The van der Waals surface area contributed by atoms with Crippen molar-refractivity contribution in [2.24, 2.45) is 0 Å². The molecule has 214 valence electrons. The summed E-state index contributed by atoms with van der Waals surface area (Å²) in [6, 6.07) is 38.9. The van der Waals surface area contributed by atoms with Crippen LogP contribution in [0, 0.1) is 6.92 Å². The third-order valence-corrected chi connectivity index (χ3v) is 8.74. The van der Waals surface area contributed by atoms with Crippen LogP contribution in [-0.4, -0.2) is 19.1 Å². The molecule has 5 aromatic rings. The summed E-state index contributed by atoms with van der Waals surface area (Å²) in [7, 11) is 0. The summed E-state index contributed by atoms with van der Waals surface area (Å²) in [6.07, 6.45) is 0. The fraction of sp³-hybridized carbons (Fsp3) is 0.184. The Morgan fingerprint density at radius 3 is 2.02 bits per heavy atom. The minimum Gasteiger partial charge on any atom is -0.456 e. The molecule has 0 saturated heterocycles. The zero-order valence-electron chi connectivity index (χ0n) is 24.6. The van der Waals surface area contributed by atoms with Crippen molar-refractivity contribution in [1.29, 1.82) is 0 Å². The van der Waals surface area contributed by atoms with E-state index in [0.29, 0.717) is 17.1 Å². The van der Waals surface area contributed by atoms with Crippen LogP contribution in [0.25, 0.3) is 0 Å². The molecule has 1 unspecified atom stereocenters. The molecule has 5 aromatic carbocycles. The van der Waals surface area contributed by atoms with Crippen LogP contribution in [0.5, 0.6) is 11.5 Å². The molecule has 1 N–H and O–H groups in total. The maximum absolute atomic E-state index is 13.4. The zero-order chi connectivity index (χ0) is 29.6. The van der Waals surface area contributed by atoms with Crippen LogP contribution in [0.1, 0.15) is 63.6 Å². The molecule has 2 aliphatic rings. The summed E-state index contributed by atoms with van der Waals surface area (Å²) < 4.78 is 13.1. The Bertz CT molecular complexity index is 1780. The Morgan fingerprint density at radius 1 is 0.721 bits per heavy atom. The van der Waals surface area contributed by atoms with Gasteiger partial charge in [-0.05, 0) is 67.8 Å². The van der Waals surface area contributed by atoms with Gasteiger partial charge in [-0.2, -0.15) is 0 Å². The first-order valence-corrected chi connectivity index (χ1v) is 14.9. The summed E-state index contributed by atoms with van der Waals surface area (Å²) in [4.78, 5) is 15.7. The molecule has 0 aliphatic carbocycles. The molecule has 0 radical (unpaired) electrons. The maximum atomic E-state index is 13.4. The molecular formula is C38H34N2O3. The number of carbonyl (C=O) groups excluding carboxylic acids is 1. The smallest absolute Gasteiger partial charge is 0.340 e. The summed E-state index contributed by atoms with van der Waals surface area (Å²) in [6.45, 7) is 8.14. The highest BCUT2D eigenvalue weighted by molar-refractivity contribution is 5.97. The number of benzene rings is 5. The fourth-order valence-corrected chi connectivity index (χ4v) is 6.55. The quantitative estimate of drug-likeness (QED) is 0.200. The van der Waals surface area contributed by atoms with E-state index in [-0.39, 0.29) is 12.0 Å². The molecule has 2 aliphatic heterocycles. The first kappa shape index (κ1) is 26.8. The number of nitrogens with one attached hydrogen (secondary N) is 1. The fourth-order valence-electron chi connectivity index (χ4n) is 6.55. The molecule has 2 heterocycles. The van der Waals surface area contributed by atoms with Crippen LogP contribution in [0.15, 0.2) is 115 Å². The van der Waals surface area contributed by atoms with Crippen LogP contribution in [0.3, 0.4) is 0 Å². The van der Waals surface area contributed by atoms with Gasteiger partial charge in [-0.1, -0.05) is 78.9 Å².